The summed E-state index contributed by atoms with van der Waals surface area (Å²) in [5, 5.41) is 14.1. The van der Waals surface area contributed by atoms with E-state index < -0.39 is 5.60 Å². The second-order valence-electron chi connectivity index (χ2n) is 7.59. The van der Waals surface area contributed by atoms with E-state index in [2.05, 4.69) is 26.1 Å². The van der Waals surface area contributed by atoms with E-state index in [-0.39, 0.29) is 17.3 Å². The zero-order chi connectivity index (χ0) is 16.2. The molecule has 0 saturated carbocycles. The zero-order valence-electron chi connectivity index (χ0n) is 13.9. The fourth-order valence-corrected chi connectivity index (χ4v) is 2.86. The molecule has 1 aliphatic rings. The van der Waals surface area contributed by atoms with Gasteiger partial charge >= 0.3 is 0 Å². The summed E-state index contributed by atoms with van der Waals surface area (Å²) in [5.41, 5.74) is 0.505. The standard InChI is InChI=1S/C18H28FNO2/c1-17(2,3)12-16(14-4-6-15(19)7-5-14)20-13-18(21)8-10-22-11-9-18/h4-7,16,20-21H,8-13H2,1-3H3. The van der Waals surface area contributed by atoms with Crippen LogP contribution in [0.25, 0.3) is 0 Å². The first kappa shape index (κ1) is 17.4. The van der Waals surface area contributed by atoms with Crippen LogP contribution < -0.4 is 5.32 Å². The van der Waals surface area contributed by atoms with Gasteiger partial charge in [0.1, 0.15) is 5.82 Å². The van der Waals surface area contributed by atoms with Crippen LogP contribution in [0.3, 0.4) is 0 Å². The van der Waals surface area contributed by atoms with Gasteiger partial charge in [-0.05, 0) is 29.5 Å². The molecule has 0 bridgehead atoms. The summed E-state index contributed by atoms with van der Waals surface area (Å²) >= 11 is 0. The fraction of sp³-hybridized carbons (Fsp3) is 0.667. The molecule has 1 fully saturated rings. The van der Waals surface area contributed by atoms with Crippen LogP contribution in [0, 0.1) is 11.2 Å². The number of halogens is 1. The van der Waals surface area contributed by atoms with Crippen molar-refractivity contribution in [2.75, 3.05) is 19.8 Å². The molecule has 0 aliphatic carbocycles. The molecule has 1 saturated heterocycles. The van der Waals surface area contributed by atoms with Gasteiger partial charge in [-0.1, -0.05) is 32.9 Å². The maximum Gasteiger partial charge on any atom is 0.123 e. The number of nitrogens with one attached hydrogen (secondary N) is 1. The van der Waals surface area contributed by atoms with Crippen LogP contribution in [0.15, 0.2) is 24.3 Å². The van der Waals surface area contributed by atoms with Crippen molar-refractivity contribution in [2.24, 2.45) is 5.41 Å². The van der Waals surface area contributed by atoms with Crippen LogP contribution in [0.4, 0.5) is 4.39 Å². The largest absolute Gasteiger partial charge is 0.388 e. The van der Waals surface area contributed by atoms with Crippen molar-refractivity contribution in [3.05, 3.63) is 35.6 Å². The van der Waals surface area contributed by atoms with Crippen LogP contribution >= 0.6 is 0 Å². The predicted molar refractivity (Wildman–Crippen MR) is 86.2 cm³/mol. The Morgan fingerprint density at radius 1 is 1.23 bits per heavy atom. The minimum atomic E-state index is -0.700. The highest BCUT2D eigenvalue weighted by atomic mass is 19.1. The molecule has 4 heteroatoms. The molecule has 1 aliphatic heterocycles. The van der Waals surface area contributed by atoms with Crippen LogP contribution in [0.1, 0.15) is 51.6 Å². The summed E-state index contributed by atoms with van der Waals surface area (Å²) in [5.74, 6) is -0.221. The molecule has 1 heterocycles. The highest BCUT2D eigenvalue weighted by molar-refractivity contribution is 5.20. The van der Waals surface area contributed by atoms with Gasteiger partial charge in [-0.15, -0.1) is 0 Å². The normalized spacial score (nSPS) is 19.9. The van der Waals surface area contributed by atoms with Crippen molar-refractivity contribution in [3.63, 3.8) is 0 Å². The van der Waals surface area contributed by atoms with Gasteiger partial charge in [0, 0.05) is 38.6 Å². The lowest BCUT2D eigenvalue weighted by Crippen LogP contribution is -2.46. The molecule has 0 spiro atoms. The van der Waals surface area contributed by atoms with Gasteiger partial charge in [0.25, 0.3) is 0 Å². The molecule has 1 unspecified atom stereocenters. The van der Waals surface area contributed by atoms with Crippen molar-refractivity contribution in [1.82, 2.24) is 5.32 Å². The first-order valence-corrected chi connectivity index (χ1v) is 8.06. The van der Waals surface area contributed by atoms with Gasteiger partial charge in [0.05, 0.1) is 5.60 Å². The van der Waals surface area contributed by atoms with Crippen LogP contribution in [0.5, 0.6) is 0 Å². The van der Waals surface area contributed by atoms with Gasteiger partial charge in [-0.25, -0.2) is 4.39 Å². The Labute approximate surface area is 132 Å². The Morgan fingerprint density at radius 2 is 1.82 bits per heavy atom. The molecule has 0 radical (unpaired) electrons. The van der Waals surface area contributed by atoms with Gasteiger partial charge in [0.15, 0.2) is 0 Å². The average molecular weight is 309 g/mol. The first-order chi connectivity index (χ1) is 10.3. The average Bonchev–Trinajstić information content (AvgIpc) is 2.44. The van der Waals surface area contributed by atoms with Gasteiger partial charge in [-0.3, -0.25) is 0 Å². The molecule has 0 amide bonds. The van der Waals surface area contributed by atoms with Crippen molar-refractivity contribution in [1.29, 1.82) is 0 Å². The van der Waals surface area contributed by atoms with Crippen LogP contribution in [-0.4, -0.2) is 30.5 Å². The monoisotopic (exact) mass is 309 g/mol. The lowest BCUT2D eigenvalue weighted by molar-refractivity contribution is -0.0632. The summed E-state index contributed by atoms with van der Waals surface area (Å²) in [6.45, 7) is 8.32. The molecule has 0 aromatic heterocycles. The Morgan fingerprint density at radius 3 is 2.36 bits per heavy atom. The first-order valence-electron chi connectivity index (χ1n) is 8.06. The second kappa shape index (κ2) is 7.07. The number of benzene rings is 1. The van der Waals surface area contributed by atoms with Crippen molar-refractivity contribution in [2.45, 2.75) is 51.7 Å². The van der Waals surface area contributed by atoms with E-state index in [9.17, 15) is 9.50 Å². The third-order valence-corrected chi connectivity index (χ3v) is 4.19. The minimum absolute atomic E-state index is 0.104. The lowest BCUT2D eigenvalue weighted by atomic mass is 9.84. The molecule has 3 nitrogen and oxygen atoms in total. The molecule has 1 atom stereocenters. The third kappa shape index (κ3) is 5.34. The van der Waals surface area contributed by atoms with E-state index in [4.69, 9.17) is 4.74 Å². The number of rotatable bonds is 5. The fourth-order valence-electron chi connectivity index (χ4n) is 2.86. The summed E-state index contributed by atoms with van der Waals surface area (Å²) in [7, 11) is 0. The molecule has 22 heavy (non-hydrogen) atoms. The summed E-state index contributed by atoms with van der Waals surface area (Å²) in [4.78, 5) is 0. The maximum absolute atomic E-state index is 13.2. The van der Waals surface area contributed by atoms with E-state index in [1.54, 1.807) is 0 Å². The van der Waals surface area contributed by atoms with E-state index >= 15 is 0 Å². The topological polar surface area (TPSA) is 41.5 Å². The Kier molecular flexibility index (Phi) is 5.59. The minimum Gasteiger partial charge on any atom is -0.388 e. The lowest BCUT2D eigenvalue weighted by Gasteiger charge is -2.35. The Balaban J connectivity index is 2.05. The molecular weight excluding hydrogens is 281 g/mol. The van der Waals surface area contributed by atoms with E-state index in [1.807, 2.05) is 12.1 Å². The van der Waals surface area contributed by atoms with E-state index in [0.717, 1.165) is 12.0 Å². The highest BCUT2D eigenvalue weighted by Gasteiger charge is 2.31. The molecule has 2 N–H and O–H groups in total. The van der Waals surface area contributed by atoms with Crippen molar-refractivity contribution in [3.8, 4) is 0 Å². The quantitative estimate of drug-likeness (QED) is 0.875. The predicted octanol–water partition coefficient (Wildman–Crippen LogP) is 3.43. The number of ether oxygens (including phenoxy) is 1. The molecule has 2 rings (SSSR count). The number of hydrogen-bond donors (Lipinski definition) is 2. The van der Waals surface area contributed by atoms with E-state index in [0.29, 0.717) is 32.6 Å². The van der Waals surface area contributed by atoms with Crippen LogP contribution in [0.2, 0.25) is 0 Å². The Bertz CT molecular complexity index is 461. The van der Waals surface area contributed by atoms with Gasteiger partial charge in [-0.2, -0.15) is 0 Å². The third-order valence-electron chi connectivity index (χ3n) is 4.19. The summed E-state index contributed by atoms with van der Waals surface area (Å²) in [6.07, 6.45) is 2.24. The summed E-state index contributed by atoms with van der Waals surface area (Å²) in [6, 6.07) is 6.75. The SMILES string of the molecule is CC(C)(C)CC(NCC1(O)CCOCC1)c1ccc(F)cc1. The zero-order valence-corrected chi connectivity index (χ0v) is 13.9. The van der Waals surface area contributed by atoms with Crippen LogP contribution in [-0.2, 0) is 4.74 Å². The molecular formula is C18H28FNO2. The van der Waals surface area contributed by atoms with Crippen molar-refractivity contribution >= 4 is 0 Å². The molecule has 124 valence electrons. The molecule has 1 aromatic rings. The van der Waals surface area contributed by atoms with E-state index in [1.165, 1.54) is 12.1 Å². The summed E-state index contributed by atoms with van der Waals surface area (Å²) < 4.78 is 18.5. The second-order valence-corrected chi connectivity index (χ2v) is 7.59. The Hall–Kier alpha value is -0.970. The molecule has 1 aromatic carbocycles. The van der Waals surface area contributed by atoms with Gasteiger partial charge in [0.2, 0.25) is 0 Å². The smallest absolute Gasteiger partial charge is 0.123 e. The highest BCUT2D eigenvalue weighted by Crippen LogP contribution is 2.30. The maximum atomic E-state index is 13.2. The number of aliphatic hydroxyl groups is 1. The number of hydrogen-bond acceptors (Lipinski definition) is 3. The van der Waals surface area contributed by atoms with Gasteiger partial charge < -0.3 is 15.2 Å². The van der Waals surface area contributed by atoms with Crippen molar-refractivity contribution < 1.29 is 14.2 Å².